The number of hydrogen-bond donors (Lipinski definition) is 2. The third kappa shape index (κ3) is 3.34. The lowest BCUT2D eigenvalue weighted by Gasteiger charge is -2.12. The molecule has 1 atom stereocenters. The van der Waals surface area contributed by atoms with Gasteiger partial charge in [-0.15, -0.1) is 0 Å². The lowest BCUT2D eigenvalue weighted by molar-refractivity contribution is 0.0920. The molecule has 0 radical (unpaired) electrons. The average Bonchev–Trinajstić information content (AvgIpc) is 2.55. The summed E-state index contributed by atoms with van der Waals surface area (Å²) < 4.78 is 5.22. The number of amides is 1. The Kier molecular flexibility index (Phi) is 4.49. The Bertz CT molecular complexity index is 360. The third-order valence-corrected chi connectivity index (χ3v) is 2.23. The number of carbonyl (C=O) groups excluding carboxylic acids is 1. The molecule has 0 aliphatic heterocycles. The number of carbonyl (C=O) groups is 1. The fourth-order valence-corrected chi connectivity index (χ4v) is 1.49. The molecule has 0 fully saturated rings. The van der Waals surface area contributed by atoms with Crippen LogP contribution in [0.25, 0.3) is 0 Å². The van der Waals surface area contributed by atoms with Crippen LogP contribution < -0.4 is 10.6 Å². The van der Waals surface area contributed by atoms with Gasteiger partial charge in [0.1, 0.15) is 0 Å². The molecule has 0 aliphatic carbocycles. The molecular formula is C11H19N3O2. The van der Waals surface area contributed by atoms with E-state index in [9.17, 15) is 4.79 Å². The lowest BCUT2D eigenvalue weighted by Crippen LogP contribution is -2.38. The van der Waals surface area contributed by atoms with Crippen molar-refractivity contribution in [2.75, 3.05) is 13.1 Å². The monoisotopic (exact) mass is 225 g/mol. The molecule has 16 heavy (non-hydrogen) atoms. The van der Waals surface area contributed by atoms with Crippen molar-refractivity contribution in [2.24, 2.45) is 0 Å². The number of likely N-dealkylation sites (N-methyl/N-ethyl adjacent to an activating group) is 1. The normalized spacial score (nSPS) is 12.5. The Hall–Kier alpha value is -1.36. The Morgan fingerprint density at radius 3 is 2.69 bits per heavy atom. The van der Waals surface area contributed by atoms with Gasteiger partial charge in [-0.3, -0.25) is 4.79 Å². The predicted molar refractivity (Wildman–Crippen MR) is 61.4 cm³/mol. The van der Waals surface area contributed by atoms with Gasteiger partial charge in [0.2, 0.25) is 5.76 Å². The first-order valence-corrected chi connectivity index (χ1v) is 5.50. The molecule has 1 aromatic rings. The molecule has 0 saturated heterocycles. The van der Waals surface area contributed by atoms with E-state index in [0.29, 0.717) is 23.9 Å². The van der Waals surface area contributed by atoms with Crippen molar-refractivity contribution in [2.45, 2.75) is 33.7 Å². The highest BCUT2D eigenvalue weighted by Gasteiger charge is 2.15. The molecule has 1 amide bonds. The van der Waals surface area contributed by atoms with Crippen molar-refractivity contribution in [3.63, 3.8) is 0 Å². The zero-order valence-electron chi connectivity index (χ0n) is 10.3. The summed E-state index contributed by atoms with van der Waals surface area (Å²) in [4.78, 5) is 15.8. The summed E-state index contributed by atoms with van der Waals surface area (Å²) in [5, 5.41) is 6.01. The number of hydrogen-bond acceptors (Lipinski definition) is 4. The van der Waals surface area contributed by atoms with E-state index in [1.165, 1.54) is 0 Å². The van der Waals surface area contributed by atoms with Crippen LogP contribution in [0, 0.1) is 13.8 Å². The van der Waals surface area contributed by atoms with Gasteiger partial charge in [0.15, 0.2) is 5.89 Å². The molecule has 1 rings (SSSR count). The van der Waals surface area contributed by atoms with Gasteiger partial charge >= 0.3 is 0 Å². The highest BCUT2D eigenvalue weighted by Crippen LogP contribution is 2.08. The summed E-state index contributed by atoms with van der Waals surface area (Å²) in [5.41, 5.74) is 0.631. The van der Waals surface area contributed by atoms with Crippen molar-refractivity contribution >= 4 is 5.91 Å². The highest BCUT2D eigenvalue weighted by atomic mass is 16.4. The maximum absolute atomic E-state index is 11.7. The number of oxazole rings is 1. The first-order valence-electron chi connectivity index (χ1n) is 5.50. The average molecular weight is 225 g/mol. The van der Waals surface area contributed by atoms with E-state index in [2.05, 4.69) is 15.6 Å². The van der Waals surface area contributed by atoms with Gasteiger partial charge in [-0.25, -0.2) is 4.98 Å². The van der Waals surface area contributed by atoms with Crippen molar-refractivity contribution in [3.05, 3.63) is 17.3 Å². The van der Waals surface area contributed by atoms with Crippen LogP contribution in [0.4, 0.5) is 0 Å². The standard InChI is InChI=1S/C11H19N3O2/c1-5-12-7(2)6-13-11(15)10-8(3)14-9(4)16-10/h7,12H,5-6H2,1-4H3,(H,13,15)/t7-/m1/s1. The van der Waals surface area contributed by atoms with E-state index < -0.39 is 0 Å². The Morgan fingerprint density at radius 1 is 1.50 bits per heavy atom. The van der Waals surface area contributed by atoms with Crippen LogP contribution in [0.15, 0.2) is 4.42 Å². The second kappa shape index (κ2) is 5.65. The van der Waals surface area contributed by atoms with E-state index in [4.69, 9.17) is 4.42 Å². The molecule has 1 heterocycles. The van der Waals surface area contributed by atoms with Gasteiger partial charge < -0.3 is 15.1 Å². The number of nitrogens with one attached hydrogen (secondary N) is 2. The molecule has 0 spiro atoms. The topological polar surface area (TPSA) is 67.2 Å². The molecule has 0 unspecified atom stereocenters. The van der Waals surface area contributed by atoms with Crippen molar-refractivity contribution < 1.29 is 9.21 Å². The van der Waals surface area contributed by atoms with Crippen LogP contribution in [0.3, 0.4) is 0 Å². The minimum Gasteiger partial charge on any atom is -0.436 e. The van der Waals surface area contributed by atoms with Gasteiger partial charge in [-0.1, -0.05) is 6.92 Å². The summed E-state index contributed by atoms with van der Waals surface area (Å²) >= 11 is 0. The van der Waals surface area contributed by atoms with Crippen molar-refractivity contribution in [1.82, 2.24) is 15.6 Å². The van der Waals surface area contributed by atoms with Crippen molar-refractivity contribution in [3.8, 4) is 0 Å². The van der Waals surface area contributed by atoms with Crippen LogP contribution in [0.1, 0.15) is 36.0 Å². The van der Waals surface area contributed by atoms with Gasteiger partial charge in [0.25, 0.3) is 5.91 Å². The Labute approximate surface area is 95.6 Å². The fourth-order valence-electron chi connectivity index (χ4n) is 1.49. The molecule has 0 bridgehead atoms. The number of nitrogens with zero attached hydrogens (tertiary/aromatic N) is 1. The smallest absolute Gasteiger partial charge is 0.289 e. The molecule has 2 N–H and O–H groups in total. The maximum Gasteiger partial charge on any atom is 0.289 e. The summed E-state index contributed by atoms with van der Waals surface area (Å²) in [6.45, 7) is 9.00. The second-order valence-electron chi connectivity index (χ2n) is 3.82. The number of aromatic nitrogens is 1. The molecule has 90 valence electrons. The minimum absolute atomic E-state index is 0.206. The van der Waals surface area contributed by atoms with Crippen LogP contribution in [-0.2, 0) is 0 Å². The number of aryl methyl sites for hydroxylation is 2. The zero-order valence-corrected chi connectivity index (χ0v) is 10.3. The molecule has 0 aromatic carbocycles. The summed E-state index contributed by atoms with van der Waals surface area (Å²) in [5.74, 6) is 0.617. The first-order chi connectivity index (χ1) is 7.54. The quantitative estimate of drug-likeness (QED) is 0.785. The van der Waals surface area contributed by atoms with E-state index in [0.717, 1.165) is 6.54 Å². The highest BCUT2D eigenvalue weighted by molar-refractivity contribution is 5.92. The molecule has 0 aliphatic rings. The Morgan fingerprint density at radius 2 is 2.19 bits per heavy atom. The van der Waals surface area contributed by atoms with Gasteiger partial charge in [0, 0.05) is 19.5 Å². The van der Waals surface area contributed by atoms with E-state index in [-0.39, 0.29) is 11.9 Å². The predicted octanol–water partition coefficient (Wildman–Crippen LogP) is 1.02. The summed E-state index contributed by atoms with van der Waals surface area (Å²) in [7, 11) is 0. The molecule has 0 saturated carbocycles. The fraction of sp³-hybridized carbons (Fsp3) is 0.636. The van der Waals surface area contributed by atoms with E-state index in [1.807, 2.05) is 13.8 Å². The second-order valence-corrected chi connectivity index (χ2v) is 3.82. The first kappa shape index (κ1) is 12.7. The minimum atomic E-state index is -0.206. The van der Waals surface area contributed by atoms with Crippen LogP contribution in [0.2, 0.25) is 0 Å². The van der Waals surface area contributed by atoms with Crippen LogP contribution in [-0.4, -0.2) is 30.0 Å². The number of rotatable bonds is 5. The molecule has 5 heteroatoms. The van der Waals surface area contributed by atoms with Gasteiger partial charge in [-0.05, 0) is 20.4 Å². The third-order valence-electron chi connectivity index (χ3n) is 2.23. The van der Waals surface area contributed by atoms with Crippen LogP contribution >= 0.6 is 0 Å². The van der Waals surface area contributed by atoms with E-state index >= 15 is 0 Å². The van der Waals surface area contributed by atoms with Crippen molar-refractivity contribution in [1.29, 1.82) is 0 Å². The molecular weight excluding hydrogens is 206 g/mol. The largest absolute Gasteiger partial charge is 0.436 e. The van der Waals surface area contributed by atoms with E-state index in [1.54, 1.807) is 13.8 Å². The summed E-state index contributed by atoms with van der Waals surface area (Å²) in [6, 6.07) is 0.248. The Balaban J connectivity index is 2.50. The van der Waals surface area contributed by atoms with Crippen LogP contribution in [0.5, 0.6) is 0 Å². The maximum atomic E-state index is 11.7. The molecule has 5 nitrogen and oxygen atoms in total. The van der Waals surface area contributed by atoms with Gasteiger partial charge in [0.05, 0.1) is 5.69 Å². The SMILES string of the molecule is CCN[C@H](C)CNC(=O)c1oc(C)nc1C. The van der Waals surface area contributed by atoms with Gasteiger partial charge in [-0.2, -0.15) is 0 Å². The summed E-state index contributed by atoms with van der Waals surface area (Å²) in [6.07, 6.45) is 0. The lowest BCUT2D eigenvalue weighted by atomic mass is 10.3. The zero-order chi connectivity index (χ0) is 12.1. The molecule has 1 aromatic heterocycles.